The minimum atomic E-state index is -2.40. The highest BCUT2D eigenvalue weighted by Crippen LogP contribution is 2.54. The van der Waals surface area contributed by atoms with E-state index >= 15 is 0 Å². The lowest BCUT2D eigenvalue weighted by Gasteiger charge is -2.48. The van der Waals surface area contributed by atoms with Gasteiger partial charge >= 0.3 is 0 Å². The molecular weight excluding hydrogens is 424 g/mol. The zero-order valence-electron chi connectivity index (χ0n) is 16.7. The summed E-state index contributed by atoms with van der Waals surface area (Å²) < 4.78 is 0. The van der Waals surface area contributed by atoms with Crippen LogP contribution in [0.15, 0.2) is 23.5 Å². The van der Waals surface area contributed by atoms with Gasteiger partial charge in [0.1, 0.15) is 12.4 Å². The molecule has 3 aliphatic carbocycles. The van der Waals surface area contributed by atoms with Crippen molar-refractivity contribution >= 4 is 29.1 Å². The number of primary amides is 1. The molecule has 3 aliphatic rings. The molecule has 0 spiro atoms. The first kappa shape index (κ1) is 21.9. The lowest BCUT2D eigenvalue weighted by atomic mass is 9.57. The standard InChI is InChI=1S/C21H22N2O9/c22-20(31)14-9-1-2-11(23-13(27)6-24)17(28)15(9)18(29)16-10(14)4-7-3-8(25)5-12(26)21(7,32)19(16)30/h1-2,7-8,10,14,24-25,28,30,32H,3-6H2,(H2,22,31)(H,23,27). The highest BCUT2D eigenvalue weighted by molar-refractivity contribution is 6.17. The van der Waals surface area contributed by atoms with Crippen molar-refractivity contribution in [3.63, 3.8) is 0 Å². The second-order valence-corrected chi connectivity index (χ2v) is 8.43. The fourth-order valence-corrected chi connectivity index (χ4v) is 5.25. The molecule has 1 aromatic rings. The van der Waals surface area contributed by atoms with E-state index in [1.807, 2.05) is 0 Å². The summed E-state index contributed by atoms with van der Waals surface area (Å²) in [5, 5.41) is 53.8. The van der Waals surface area contributed by atoms with E-state index < -0.39 is 88.5 Å². The number of aliphatic hydroxyl groups excluding tert-OH is 3. The van der Waals surface area contributed by atoms with Gasteiger partial charge in [-0.15, -0.1) is 0 Å². The average Bonchev–Trinajstić information content (AvgIpc) is 2.72. The van der Waals surface area contributed by atoms with Gasteiger partial charge in [-0.2, -0.15) is 0 Å². The first-order valence-corrected chi connectivity index (χ1v) is 10.00. The van der Waals surface area contributed by atoms with Crippen molar-refractivity contribution in [2.24, 2.45) is 17.6 Å². The van der Waals surface area contributed by atoms with Crippen LogP contribution in [0.25, 0.3) is 0 Å². The smallest absolute Gasteiger partial charge is 0.250 e. The van der Waals surface area contributed by atoms with Crippen LogP contribution < -0.4 is 11.1 Å². The normalized spacial score (nSPS) is 31.5. The number of rotatable bonds is 3. The van der Waals surface area contributed by atoms with E-state index in [1.165, 1.54) is 12.1 Å². The SMILES string of the molecule is NC(=O)C1c2ccc(NC(=O)CO)c(O)c2C(=O)C2=C(O)C3(O)C(=O)CC(O)CC3CC21. The van der Waals surface area contributed by atoms with Crippen LogP contribution in [0.3, 0.4) is 0 Å². The maximum atomic E-state index is 13.4. The van der Waals surface area contributed by atoms with Gasteiger partial charge in [0.05, 0.1) is 23.3 Å². The fraction of sp³-hybridized carbons (Fsp3) is 0.429. The molecule has 0 aromatic heterocycles. The number of fused-ring (bicyclic) bond motifs is 3. The maximum Gasteiger partial charge on any atom is 0.250 e. The summed E-state index contributed by atoms with van der Waals surface area (Å²) in [7, 11) is 0. The molecular formula is C21H22N2O9. The van der Waals surface area contributed by atoms with Crippen LogP contribution in [0, 0.1) is 11.8 Å². The van der Waals surface area contributed by atoms with Gasteiger partial charge in [-0.25, -0.2) is 0 Å². The highest BCUT2D eigenvalue weighted by Gasteiger charge is 2.60. The molecule has 0 bridgehead atoms. The molecule has 5 unspecified atom stereocenters. The summed E-state index contributed by atoms with van der Waals surface area (Å²) in [5.41, 5.74) is 2.23. The molecule has 0 radical (unpaired) electrons. The Hall–Kier alpha value is -3.28. The Kier molecular flexibility index (Phi) is 5.07. The molecule has 8 N–H and O–H groups in total. The van der Waals surface area contributed by atoms with Gasteiger partial charge in [-0.3, -0.25) is 19.2 Å². The number of nitrogens with two attached hydrogens (primary N) is 1. The second kappa shape index (κ2) is 7.40. The van der Waals surface area contributed by atoms with Gasteiger partial charge in [-0.1, -0.05) is 6.07 Å². The lowest BCUT2D eigenvalue weighted by Crippen LogP contribution is -2.58. The molecule has 0 heterocycles. The summed E-state index contributed by atoms with van der Waals surface area (Å²) in [4.78, 5) is 49.9. The quantitative estimate of drug-likeness (QED) is 0.283. The minimum Gasteiger partial charge on any atom is -0.508 e. The zero-order chi connectivity index (χ0) is 23.5. The third-order valence-electron chi connectivity index (χ3n) is 6.66. The fourth-order valence-electron chi connectivity index (χ4n) is 5.25. The van der Waals surface area contributed by atoms with Crippen molar-refractivity contribution in [1.29, 1.82) is 0 Å². The predicted molar refractivity (Wildman–Crippen MR) is 107 cm³/mol. The number of aliphatic hydroxyl groups is 4. The third-order valence-corrected chi connectivity index (χ3v) is 6.66. The monoisotopic (exact) mass is 446 g/mol. The van der Waals surface area contributed by atoms with E-state index in [0.29, 0.717) is 0 Å². The highest BCUT2D eigenvalue weighted by atomic mass is 16.3. The van der Waals surface area contributed by atoms with Crippen LogP contribution in [0.1, 0.15) is 41.1 Å². The first-order chi connectivity index (χ1) is 15.0. The number of benzene rings is 1. The largest absolute Gasteiger partial charge is 0.508 e. The number of Topliss-reactive ketones (excluding diaryl/α,β-unsaturated/α-hetero) is 2. The number of carbonyl (C=O) groups is 4. The lowest BCUT2D eigenvalue weighted by molar-refractivity contribution is -0.155. The number of hydrogen-bond donors (Lipinski definition) is 7. The topological polar surface area (TPSA) is 207 Å². The van der Waals surface area contributed by atoms with Crippen molar-refractivity contribution in [3.8, 4) is 5.75 Å². The summed E-state index contributed by atoms with van der Waals surface area (Å²) in [5.74, 6) is -8.26. The van der Waals surface area contributed by atoms with Gasteiger partial charge in [0, 0.05) is 23.8 Å². The number of aromatic hydroxyl groups is 1. The molecule has 32 heavy (non-hydrogen) atoms. The van der Waals surface area contributed by atoms with Gasteiger partial charge in [0.2, 0.25) is 11.8 Å². The van der Waals surface area contributed by atoms with E-state index in [9.17, 15) is 39.6 Å². The Labute approximate surface area is 181 Å². The van der Waals surface area contributed by atoms with E-state index in [4.69, 9.17) is 10.8 Å². The van der Waals surface area contributed by atoms with Crippen molar-refractivity contribution < 1.29 is 44.7 Å². The van der Waals surface area contributed by atoms with E-state index in [1.54, 1.807) is 0 Å². The van der Waals surface area contributed by atoms with Gasteiger partial charge in [0.25, 0.3) is 0 Å². The van der Waals surface area contributed by atoms with Crippen molar-refractivity contribution in [1.82, 2.24) is 0 Å². The average molecular weight is 446 g/mol. The van der Waals surface area contributed by atoms with Crippen molar-refractivity contribution in [2.45, 2.75) is 36.9 Å². The molecule has 4 rings (SSSR count). The maximum absolute atomic E-state index is 13.4. The number of phenolic OH excluding ortho intramolecular Hbond substituents is 1. The first-order valence-electron chi connectivity index (χ1n) is 10.00. The molecule has 0 aliphatic heterocycles. The summed E-state index contributed by atoms with van der Waals surface area (Å²) in [6.07, 6.45) is -1.56. The number of anilines is 1. The number of amides is 2. The van der Waals surface area contributed by atoms with Gasteiger partial charge in [0.15, 0.2) is 22.9 Å². The predicted octanol–water partition coefficient (Wildman–Crippen LogP) is -1.01. The van der Waals surface area contributed by atoms with Gasteiger partial charge < -0.3 is 36.6 Å². The molecule has 2 amide bonds. The van der Waals surface area contributed by atoms with Crippen LogP contribution in [0.2, 0.25) is 0 Å². The molecule has 1 saturated carbocycles. The number of allylic oxidation sites excluding steroid dienone is 1. The summed E-state index contributed by atoms with van der Waals surface area (Å²) >= 11 is 0. The molecule has 1 aromatic carbocycles. The summed E-state index contributed by atoms with van der Waals surface area (Å²) in [6.45, 7) is -0.884. The van der Waals surface area contributed by atoms with Crippen LogP contribution in [-0.2, 0) is 14.4 Å². The van der Waals surface area contributed by atoms with Crippen LogP contribution in [-0.4, -0.2) is 67.2 Å². The van der Waals surface area contributed by atoms with Crippen LogP contribution >= 0.6 is 0 Å². The minimum absolute atomic E-state index is 0.0278. The molecule has 5 atom stereocenters. The Balaban J connectivity index is 1.94. The Morgan fingerprint density at radius 2 is 1.88 bits per heavy atom. The third kappa shape index (κ3) is 2.93. The number of ketones is 2. The van der Waals surface area contributed by atoms with Crippen molar-refractivity contribution in [2.75, 3.05) is 11.9 Å². The van der Waals surface area contributed by atoms with E-state index in [2.05, 4.69) is 5.32 Å². The molecule has 0 saturated heterocycles. The summed E-state index contributed by atoms with van der Waals surface area (Å²) in [6, 6.07) is 2.57. The Morgan fingerprint density at radius 3 is 2.50 bits per heavy atom. The second-order valence-electron chi connectivity index (χ2n) is 8.43. The number of carbonyl (C=O) groups excluding carboxylic acids is 4. The van der Waals surface area contributed by atoms with Gasteiger partial charge in [-0.05, 0) is 24.5 Å². The Morgan fingerprint density at radius 1 is 1.19 bits per heavy atom. The molecule has 11 nitrogen and oxygen atoms in total. The number of nitrogens with one attached hydrogen (secondary N) is 1. The van der Waals surface area contributed by atoms with Crippen LogP contribution in [0.4, 0.5) is 5.69 Å². The van der Waals surface area contributed by atoms with Crippen molar-refractivity contribution in [3.05, 3.63) is 34.6 Å². The molecule has 11 heteroatoms. The van der Waals surface area contributed by atoms with Crippen LogP contribution in [0.5, 0.6) is 5.75 Å². The van der Waals surface area contributed by atoms with E-state index in [-0.39, 0.29) is 24.1 Å². The number of hydrogen-bond acceptors (Lipinski definition) is 9. The zero-order valence-corrected chi connectivity index (χ0v) is 16.7. The molecule has 170 valence electrons. The van der Waals surface area contributed by atoms with E-state index in [0.717, 1.165) is 0 Å². The molecule has 1 fully saturated rings. The number of phenols is 1. The Bertz CT molecular complexity index is 1090.